The van der Waals surface area contributed by atoms with Crippen molar-refractivity contribution in [2.75, 3.05) is 18.4 Å². The van der Waals surface area contributed by atoms with Crippen molar-refractivity contribution < 1.29 is 4.79 Å². The molecule has 0 radical (unpaired) electrons. The highest BCUT2D eigenvalue weighted by Crippen LogP contribution is 2.12. The summed E-state index contributed by atoms with van der Waals surface area (Å²) in [5.41, 5.74) is 0.664. The van der Waals surface area contributed by atoms with Gasteiger partial charge in [-0.1, -0.05) is 22.5 Å². The lowest BCUT2D eigenvalue weighted by molar-refractivity contribution is -0.127. The first-order valence-corrected chi connectivity index (χ1v) is 5.41. The summed E-state index contributed by atoms with van der Waals surface area (Å²) in [7, 11) is 0. The predicted octanol–water partition coefficient (Wildman–Crippen LogP) is 1.95. The number of amides is 1. The zero-order valence-electron chi connectivity index (χ0n) is 7.18. The Morgan fingerprint density at radius 3 is 2.42 bits per heavy atom. The summed E-state index contributed by atoms with van der Waals surface area (Å²) < 4.78 is 0. The van der Waals surface area contributed by atoms with E-state index in [1.165, 1.54) is 6.42 Å². The Bertz CT molecular complexity index is 185. The average molecular weight is 232 g/mol. The van der Waals surface area contributed by atoms with E-state index in [1.54, 1.807) is 0 Å². The van der Waals surface area contributed by atoms with Gasteiger partial charge in [-0.15, -0.1) is 0 Å². The normalized spacial score (nSPS) is 17.6. The molecular weight excluding hydrogens is 218 g/mol. The first kappa shape index (κ1) is 9.78. The first-order chi connectivity index (χ1) is 5.75. The molecule has 1 fully saturated rings. The molecule has 1 aliphatic rings. The number of halogens is 1. The van der Waals surface area contributed by atoms with Gasteiger partial charge in [-0.2, -0.15) is 0 Å². The van der Waals surface area contributed by atoms with Gasteiger partial charge in [0, 0.05) is 24.0 Å². The lowest BCUT2D eigenvalue weighted by atomic mass is 10.1. The van der Waals surface area contributed by atoms with Crippen LogP contribution < -0.4 is 0 Å². The second kappa shape index (κ2) is 4.65. The monoisotopic (exact) mass is 231 g/mol. The van der Waals surface area contributed by atoms with E-state index in [9.17, 15) is 4.79 Å². The third kappa shape index (κ3) is 2.34. The smallest absolute Gasteiger partial charge is 0.250 e. The fraction of sp³-hybridized carbons (Fsp3) is 0.667. The lowest BCUT2D eigenvalue weighted by Crippen LogP contribution is -2.36. The van der Waals surface area contributed by atoms with Crippen LogP contribution in [0.3, 0.4) is 0 Å². The molecule has 1 aliphatic heterocycles. The molecule has 12 heavy (non-hydrogen) atoms. The molecule has 1 heterocycles. The molecule has 0 saturated carbocycles. The van der Waals surface area contributed by atoms with Gasteiger partial charge in [0.25, 0.3) is 0 Å². The van der Waals surface area contributed by atoms with Crippen LogP contribution in [0.1, 0.15) is 19.3 Å². The Hall–Kier alpha value is -0.310. The zero-order valence-corrected chi connectivity index (χ0v) is 8.77. The van der Waals surface area contributed by atoms with Crippen molar-refractivity contribution in [1.82, 2.24) is 4.90 Å². The van der Waals surface area contributed by atoms with Gasteiger partial charge in [0.05, 0.1) is 0 Å². The number of rotatable bonds is 2. The highest BCUT2D eigenvalue weighted by atomic mass is 79.9. The number of alkyl halides is 1. The molecule has 0 atom stereocenters. The molecule has 68 valence electrons. The Morgan fingerprint density at radius 2 is 1.92 bits per heavy atom. The molecule has 0 aromatic carbocycles. The van der Waals surface area contributed by atoms with Crippen LogP contribution in [-0.2, 0) is 4.79 Å². The number of carbonyl (C=O) groups excluding carboxylic acids is 1. The van der Waals surface area contributed by atoms with E-state index in [0.717, 1.165) is 25.9 Å². The maximum Gasteiger partial charge on any atom is 0.250 e. The summed E-state index contributed by atoms with van der Waals surface area (Å²) in [6.07, 6.45) is 3.53. The molecule has 0 N–H and O–H groups in total. The van der Waals surface area contributed by atoms with Crippen molar-refractivity contribution in [2.24, 2.45) is 0 Å². The van der Waals surface area contributed by atoms with Crippen LogP contribution in [0.15, 0.2) is 12.2 Å². The van der Waals surface area contributed by atoms with E-state index >= 15 is 0 Å². The number of hydrogen-bond donors (Lipinski definition) is 0. The summed E-state index contributed by atoms with van der Waals surface area (Å²) in [6, 6.07) is 0. The molecule has 0 spiro atoms. The number of nitrogens with zero attached hydrogens (tertiary/aromatic N) is 1. The van der Waals surface area contributed by atoms with Crippen molar-refractivity contribution in [1.29, 1.82) is 0 Å². The second-order valence-corrected chi connectivity index (χ2v) is 3.65. The number of carbonyl (C=O) groups is 1. The molecule has 0 bridgehead atoms. The largest absolute Gasteiger partial charge is 0.339 e. The second-order valence-electron chi connectivity index (χ2n) is 3.09. The third-order valence-corrected chi connectivity index (χ3v) is 2.78. The number of hydrogen-bond acceptors (Lipinski definition) is 1. The summed E-state index contributed by atoms with van der Waals surface area (Å²) >= 11 is 3.23. The minimum Gasteiger partial charge on any atom is -0.339 e. The van der Waals surface area contributed by atoms with Crippen molar-refractivity contribution in [2.45, 2.75) is 19.3 Å². The van der Waals surface area contributed by atoms with Gasteiger partial charge in [0.15, 0.2) is 0 Å². The Labute approximate surface area is 81.8 Å². The molecule has 0 aromatic heterocycles. The molecule has 0 unspecified atom stereocenters. The number of likely N-dealkylation sites (tertiary alicyclic amines) is 1. The van der Waals surface area contributed by atoms with Crippen molar-refractivity contribution in [3.63, 3.8) is 0 Å². The molecule has 3 heteroatoms. The molecule has 1 rings (SSSR count). The van der Waals surface area contributed by atoms with Crippen LogP contribution in [0.2, 0.25) is 0 Å². The van der Waals surface area contributed by atoms with Crippen molar-refractivity contribution in [3.05, 3.63) is 12.2 Å². The van der Waals surface area contributed by atoms with Crippen LogP contribution in [0.25, 0.3) is 0 Å². The molecule has 1 amide bonds. The van der Waals surface area contributed by atoms with E-state index < -0.39 is 0 Å². The average Bonchev–Trinajstić information content (AvgIpc) is 2.17. The van der Waals surface area contributed by atoms with Gasteiger partial charge in [0.1, 0.15) is 0 Å². The van der Waals surface area contributed by atoms with Gasteiger partial charge in [-0.05, 0) is 19.3 Å². The van der Waals surface area contributed by atoms with Gasteiger partial charge < -0.3 is 4.90 Å². The van der Waals surface area contributed by atoms with Gasteiger partial charge >= 0.3 is 0 Å². The molecular formula is C9H14BrNO. The van der Waals surface area contributed by atoms with Crippen LogP contribution in [0.4, 0.5) is 0 Å². The van der Waals surface area contributed by atoms with Crippen LogP contribution in [0.5, 0.6) is 0 Å². The number of piperidine rings is 1. The lowest BCUT2D eigenvalue weighted by Gasteiger charge is -2.26. The van der Waals surface area contributed by atoms with Gasteiger partial charge in [0.2, 0.25) is 5.91 Å². The molecule has 0 aromatic rings. The highest BCUT2D eigenvalue weighted by molar-refractivity contribution is 9.09. The Kier molecular flexibility index (Phi) is 3.79. The topological polar surface area (TPSA) is 20.3 Å². The van der Waals surface area contributed by atoms with E-state index in [0.29, 0.717) is 10.9 Å². The van der Waals surface area contributed by atoms with Crippen LogP contribution in [0, 0.1) is 0 Å². The van der Waals surface area contributed by atoms with Crippen LogP contribution in [-0.4, -0.2) is 29.2 Å². The summed E-state index contributed by atoms with van der Waals surface area (Å²) in [6.45, 7) is 5.53. The van der Waals surface area contributed by atoms with Crippen molar-refractivity contribution >= 4 is 21.8 Å². The summed E-state index contributed by atoms with van der Waals surface area (Å²) in [4.78, 5) is 13.4. The zero-order chi connectivity index (χ0) is 8.97. The summed E-state index contributed by atoms with van der Waals surface area (Å²) in [5, 5.41) is 0.586. The molecule has 2 nitrogen and oxygen atoms in total. The van der Waals surface area contributed by atoms with Gasteiger partial charge in [-0.3, -0.25) is 4.79 Å². The van der Waals surface area contributed by atoms with E-state index in [1.807, 2.05) is 4.90 Å². The van der Waals surface area contributed by atoms with Crippen LogP contribution >= 0.6 is 15.9 Å². The Balaban J connectivity index is 2.45. The standard InChI is InChI=1S/C9H14BrNO/c1-8(7-10)9(12)11-5-3-2-4-6-11/h1-7H2. The highest BCUT2D eigenvalue weighted by Gasteiger charge is 2.17. The van der Waals surface area contributed by atoms with E-state index in [2.05, 4.69) is 22.5 Å². The SMILES string of the molecule is C=C(CBr)C(=O)N1CCCCC1. The maximum absolute atomic E-state index is 11.5. The van der Waals surface area contributed by atoms with Crippen molar-refractivity contribution in [3.8, 4) is 0 Å². The summed E-state index contributed by atoms with van der Waals surface area (Å²) in [5.74, 6) is 0.117. The van der Waals surface area contributed by atoms with E-state index in [-0.39, 0.29) is 5.91 Å². The first-order valence-electron chi connectivity index (χ1n) is 4.28. The van der Waals surface area contributed by atoms with E-state index in [4.69, 9.17) is 0 Å². The predicted molar refractivity (Wildman–Crippen MR) is 53.4 cm³/mol. The minimum absolute atomic E-state index is 0.117. The fourth-order valence-electron chi connectivity index (χ4n) is 1.38. The fourth-order valence-corrected chi connectivity index (χ4v) is 1.62. The molecule has 1 saturated heterocycles. The quantitative estimate of drug-likeness (QED) is 0.526. The third-order valence-electron chi connectivity index (χ3n) is 2.11. The molecule has 0 aliphatic carbocycles. The Morgan fingerprint density at radius 1 is 1.33 bits per heavy atom. The maximum atomic E-state index is 11.5. The van der Waals surface area contributed by atoms with Gasteiger partial charge in [-0.25, -0.2) is 0 Å². The minimum atomic E-state index is 0.117.